The van der Waals surface area contributed by atoms with E-state index in [9.17, 15) is 0 Å². The number of fused-ring (bicyclic) bond motifs is 22. The minimum Gasteiger partial charge on any atom is -0.455 e. The van der Waals surface area contributed by atoms with Crippen LogP contribution in [0.3, 0.4) is 0 Å². The van der Waals surface area contributed by atoms with Crippen molar-refractivity contribution in [3.63, 3.8) is 0 Å². The van der Waals surface area contributed by atoms with Crippen molar-refractivity contribution in [3.05, 3.63) is 120 Å². The van der Waals surface area contributed by atoms with Crippen LogP contribution >= 0.6 is 0 Å². The summed E-state index contributed by atoms with van der Waals surface area (Å²) in [6.45, 7) is 0. The molecule has 1 aliphatic heterocycles. The van der Waals surface area contributed by atoms with Gasteiger partial charge in [0.15, 0.2) is 0 Å². The van der Waals surface area contributed by atoms with Crippen molar-refractivity contribution in [3.8, 4) is 34.3 Å². The topological polar surface area (TPSA) is 61.3 Å². The first kappa shape index (κ1) is 25.1. The van der Waals surface area contributed by atoms with Crippen LogP contribution < -0.4 is 4.74 Å². The molecular weight excluding hydrogens is 544 g/mol. The molecule has 8 bridgehead atoms. The van der Waals surface area contributed by atoms with Crippen LogP contribution in [0.15, 0.2) is 118 Å². The van der Waals surface area contributed by atoms with Gasteiger partial charge in [0.2, 0.25) is 11.8 Å². The Hall–Kier alpha value is -5.42. The third-order valence-corrected chi connectivity index (χ3v) is 8.83. The van der Waals surface area contributed by atoms with Crippen molar-refractivity contribution in [2.24, 2.45) is 0 Å². The molecule has 0 aliphatic carbocycles. The van der Waals surface area contributed by atoms with Crippen molar-refractivity contribution in [2.75, 3.05) is 0 Å². The van der Waals surface area contributed by atoms with E-state index in [0.717, 1.165) is 87.7 Å². The second-order valence-electron chi connectivity index (χ2n) is 11.5. The molecule has 0 amide bonds. The van der Waals surface area contributed by atoms with Crippen molar-refractivity contribution in [1.82, 2.24) is 9.97 Å². The summed E-state index contributed by atoms with van der Waals surface area (Å²) in [5, 5.41) is 4.64. The first-order valence-corrected chi connectivity index (χ1v) is 15.3. The van der Waals surface area contributed by atoms with E-state index in [1.54, 1.807) is 0 Å². The van der Waals surface area contributed by atoms with Crippen LogP contribution in [-0.4, -0.2) is 9.97 Å². The number of hydrogen-bond acceptors (Lipinski definition) is 5. The van der Waals surface area contributed by atoms with Gasteiger partial charge in [-0.25, -0.2) is 9.97 Å². The van der Waals surface area contributed by atoms with Gasteiger partial charge in [-0.3, -0.25) is 0 Å². The van der Waals surface area contributed by atoms with Crippen molar-refractivity contribution in [2.45, 2.75) is 32.1 Å². The van der Waals surface area contributed by atoms with Gasteiger partial charge in [-0.15, -0.1) is 0 Å². The van der Waals surface area contributed by atoms with E-state index in [1.807, 2.05) is 60.7 Å². The molecule has 8 aromatic rings. The lowest BCUT2D eigenvalue weighted by molar-refractivity contribution is 0.446. The molecule has 5 nitrogen and oxygen atoms in total. The summed E-state index contributed by atoms with van der Waals surface area (Å²) in [6.07, 6.45) is 5.29. The van der Waals surface area contributed by atoms with E-state index >= 15 is 0 Å². The smallest absolute Gasteiger partial charge is 0.221 e. The Balaban J connectivity index is 1.22. The largest absolute Gasteiger partial charge is 0.455 e. The SMILES string of the molecule is c1cc2nc(c1)-c1ccc(c3c1oc1ccccc13)CCCCCc1ccc(c3oc4ccccc4c13)-c1cccc(n1)O2. The molecule has 0 unspecified atom stereocenters. The normalized spacial score (nSPS) is 13.6. The number of aryl methyl sites for hydroxylation is 2. The van der Waals surface area contributed by atoms with Crippen LogP contribution in [0.2, 0.25) is 0 Å². The lowest BCUT2D eigenvalue weighted by atomic mass is 9.95. The summed E-state index contributed by atoms with van der Waals surface area (Å²) in [5.41, 5.74) is 9.64. The molecule has 0 spiro atoms. The summed E-state index contributed by atoms with van der Waals surface area (Å²) >= 11 is 0. The molecule has 4 aromatic carbocycles. The third-order valence-electron chi connectivity index (χ3n) is 8.83. The Morgan fingerprint density at radius 2 is 0.955 bits per heavy atom. The lowest BCUT2D eigenvalue weighted by Crippen LogP contribution is -1.96. The number of nitrogens with zero attached hydrogens (tertiary/aromatic N) is 2. The highest BCUT2D eigenvalue weighted by atomic mass is 16.5. The Morgan fingerprint density at radius 1 is 0.455 bits per heavy atom. The van der Waals surface area contributed by atoms with Crippen LogP contribution in [0.1, 0.15) is 30.4 Å². The first-order valence-electron chi connectivity index (χ1n) is 15.3. The molecule has 9 rings (SSSR count). The van der Waals surface area contributed by atoms with Gasteiger partial charge < -0.3 is 13.6 Å². The molecule has 0 fully saturated rings. The maximum atomic E-state index is 6.50. The van der Waals surface area contributed by atoms with Crippen molar-refractivity contribution >= 4 is 43.9 Å². The average molecular weight is 573 g/mol. The number of ether oxygens (including phenoxy) is 1. The zero-order chi connectivity index (χ0) is 29.0. The van der Waals surface area contributed by atoms with Gasteiger partial charge in [0.1, 0.15) is 22.3 Å². The highest BCUT2D eigenvalue weighted by Crippen LogP contribution is 2.40. The predicted octanol–water partition coefficient (Wildman–Crippen LogP) is 10.7. The second kappa shape index (κ2) is 10.1. The fraction of sp³-hybridized carbons (Fsp3) is 0.128. The summed E-state index contributed by atoms with van der Waals surface area (Å²) in [4.78, 5) is 9.82. The average Bonchev–Trinajstić information content (AvgIpc) is 3.64. The molecule has 5 heteroatoms. The number of pyridine rings is 2. The Labute approximate surface area is 253 Å². The molecule has 44 heavy (non-hydrogen) atoms. The van der Waals surface area contributed by atoms with Gasteiger partial charge in [-0.2, -0.15) is 0 Å². The van der Waals surface area contributed by atoms with E-state index in [2.05, 4.69) is 48.5 Å². The standard InChI is InChI=1S/C39H28N2O3/c1-2-10-24-20-22-26(38-36(24)28-12-4-6-16-32(28)42-38)30-14-8-18-34(40-30)44-35-19-9-15-31(41-35)27-23-21-25(11-3-1)37-29-13-5-7-17-33(29)43-39(27)37/h4-9,12-23H,1-3,10-11H2. The minimum atomic E-state index is 0.471. The van der Waals surface area contributed by atoms with E-state index in [1.165, 1.54) is 21.9 Å². The van der Waals surface area contributed by atoms with Crippen LogP contribution in [0, 0.1) is 0 Å². The van der Waals surface area contributed by atoms with Crippen molar-refractivity contribution in [1.29, 1.82) is 0 Å². The molecule has 4 aromatic heterocycles. The third kappa shape index (κ3) is 4.08. The molecule has 0 saturated carbocycles. The van der Waals surface area contributed by atoms with E-state index < -0.39 is 0 Å². The Morgan fingerprint density at radius 3 is 1.48 bits per heavy atom. The zero-order valence-corrected chi connectivity index (χ0v) is 24.0. The predicted molar refractivity (Wildman–Crippen MR) is 175 cm³/mol. The maximum absolute atomic E-state index is 6.50. The maximum Gasteiger partial charge on any atom is 0.221 e. The molecule has 5 heterocycles. The van der Waals surface area contributed by atoms with E-state index in [4.69, 9.17) is 23.5 Å². The van der Waals surface area contributed by atoms with Crippen LogP contribution in [-0.2, 0) is 12.8 Å². The van der Waals surface area contributed by atoms with E-state index in [0.29, 0.717) is 11.8 Å². The lowest BCUT2D eigenvalue weighted by Gasteiger charge is -2.11. The first-order chi connectivity index (χ1) is 21.8. The van der Waals surface area contributed by atoms with Gasteiger partial charge in [0.25, 0.3) is 0 Å². The molecule has 1 aliphatic rings. The minimum absolute atomic E-state index is 0.471. The van der Waals surface area contributed by atoms with Gasteiger partial charge in [-0.1, -0.05) is 67.1 Å². The van der Waals surface area contributed by atoms with Gasteiger partial charge in [-0.05, 0) is 73.2 Å². The fourth-order valence-electron chi connectivity index (χ4n) is 6.77. The molecule has 0 radical (unpaired) electrons. The molecule has 0 atom stereocenters. The van der Waals surface area contributed by atoms with Gasteiger partial charge in [0, 0.05) is 44.8 Å². The molecule has 0 N–H and O–H groups in total. The summed E-state index contributed by atoms with van der Waals surface area (Å²) < 4.78 is 19.3. The number of aromatic nitrogens is 2. The number of para-hydroxylation sites is 2. The molecular formula is C39H28N2O3. The van der Waals surface area contributed by atoms with Gasteiger partial charge >= 0.3 is 0 Å². The van der Waals surface area contributed by atoms with Crippen molar-refractivity contribution < 1.29 is 13.6 Å². The molecule has 212 valence electrons. The number of rotatable bonds is 0. The summed E-state index contributed by atoms with van der Waals surface area (Å²) in [6, 6.07) is 37.1. The summed E-state index contributed by atoms with van der Waals surface area (Å²) in [5.74, 6) is 0.943. The summed E-state index contributed by atoms with van der Waals surface area (Å²) in [7, 11) is 0. The number of hydrogen-bond donors (Lipinski definition) is 0. The van der Waals surface area contributed by atoms with Crippen LogP contribution in [0.5, 0.6) is 11.8 Å². The zero-order valence-electron chi connectivity index (χ0n) is 24.0. The quantitative estimate of drug-likeness (QED) is 0.181. The molecule has 0 saturated heterocycles. The van der Waals surface area contributed by atoms with Crippen LogP contribution in [0.25, 0.3) is 66.4 Å². The fourth-order valence-corrected chi connectivity index (χ4v) is 6.77. The van der Waals surface area contributed by atoms with Crippen LogP contribution in [0.4, 0.5) is 0 Å². The van der Waals surface area contributed by atoms with E-state index in [-0.39, 0.29) is 0 Å². The Bertz CT molecular complexity index is 2200. The monoisotopic (exact) mass is 572 g/mol. The highest BCUT2D eigenvalue weighted by molar-refractivity contribution is 6.12. The van der Waals surface area contributed by atoms with Gasteiger partial charge in [0.05, 0.1) is 11.4 Å². The second-order valence-corrected chi connectivity index (χ2v) is 11.5. The highest BCUT2D eigenvalue weighted by Gasteiger charge is 2.19. The Kier molecular flexibility index (Phi) is 5.76. The number of benzene rings is 4. The number of furan rings is 2.